The minimum atomic E-state index is -1.79. The number of halogens is 5. The van der Waals surface area contributed by atoms with Crippen LogP contribution in [0.3, 0.4) is 0 Å². The number of rotatable bonds is 0. The molecule has 0 saturated carbocycles. The molecule has 0 aliphatic heterocycles. The van der Waals surface area contributed by atoms with Crippen LogP contribution in [-0.4, -0.2) is 5.34 Å². The monoisotopic (exact) mass is 386 g/mol. The van der Waals surface area contributed by atoms with Crippen molar-refractivity contribution < 1.29 is 15.2 Å². The first-order valence-corrected chi connectivity index (χ1v) is 10.00. The Morgan fingerprint density at radius 1 is 1.00 bits per heavy atom. The van der Waals surface area contributed by atoms with Gasteiger partial charge in [-0.05, 0) is 0 Å². The van der Waals surface area contributed by atoms with E-state index in [-0.39, 0.29) is 5.34 Å². The molecule has 0 spiro atoms. The third-order valence-electron chi connectivity index (χ3n) is 0. The molecule has 0 fully saturated rings. The maximum absolute atomic E-state index is 4.95. The van der Waals surface area contributed by atoms with E-state index in [2.05, 4.69) is 0 Å². The van der Waals surface area contributed by atoms with Crippen molar-refractivity contribution >= 4 is 50.8 Å². The topological polar surface area (TPSA) is 0 Å². The van der Waals surface area contributed by atoms with Gasteiger partial charge in [-0.1, -0.05) is 0 Å². The Bertz CT molecular complexity index is 19.3. The normalized spacial score (nSPS) is 9.00. The minimum absolute atomic E-state index is 0.194. The van der Waals surface area contributed by atoms with Crippen molar-refractivity contribution in [2.45, 2.75) is 0 Å². The van der Waals surface area contributed by atoms with Crippen LogP contribution in [0, 0.1) is 0 Å². The predicted molar refractivity (Wildman–Crippen MR) is 34.1 cm³/mol. The molecule has 0 atom stereocenters. The second-order valence-corrected chi connectivity index (χ2v) is 10.4. The van der Waals surface area contributed by atoms with Gasteiger partial charge in [0, 0.05) is 0 Å². The summed E-state index contributed by atoms with van der Waals surface area (Å²) in [5, 5.41) is 0.194. The molecule has 0 saturated heterocycles. The van der Waals surface area contributed by atoms with Crippen LogP contribution in [0.1, 0.15) is 0 Å². The summed E-state index contributed by atoms with van der Waals surface area (Å²) in [6, 6.07) is 0. The molecule has 0 aromatic carbocycles. The Kier molecular flexibility index (Phi) is 18.8. The number of hydrogen-bond donors (Lipinski definition) is 0. The summed E-state index contributed by atoms with van der Waals surface area (Å²) in [6.07, 6.45) is 0. The molecule has 0 aromatic rings. The summed E-state index contributed by atoms with van der Waals surface area (Å²) in [5.74, 6) is 0. The fraction of sp³-hybridized carbons (Fsp3) is 1.00. The first-order chi connectivity index (χ1) is 3.15. The van der Waals surface area contributed by atoms with E-state index < -0.39 is 15.2 Å². The van der Waals surface area contributed by atoms with E-state index in [0.29, 0.717) is 0 Å². The van der Waals surface area contributed by atoms with Crippen LogP contribution in [0.5, 0.6) is 0 Å². The molecule has 0 heterocycles. The Balaban J connectivity index is 0. The summed E-state index contributed by atoms with van der Waals surface area (Å²) < 4.78 is 0. The summed E-state index contributed by atoms with van der Waals surface area (Å²) >= 11 is 7.74. The molecule has 0 N–H and O–H groups in total. The number of hydrogen-bond acceptors (Lipinski definition) is 0. The van der Waals surface area contributed by atoms with E-state index in [1.165, 1.54) is 0 Å². The van der Waals surface area contributed by atoms with Gasteiger partial charge >= 0.3 is 42.8 Å². The van der Waals surface area contributed by atoms with E-state index in [1.54, 1.807) is 0 Å². The molecule has 7 heavy (non-hydrogen) atoms. The van der Waals surface area contributed by atoms with Crippen molar-refractivity contribution in [3.63, 3.8) is 0 Å². The van der Waals surface area contributed by atoms with Gasteiger partial charge in [-0.3, -0.25) is 0 Å². The second kappa shape index (κ2) is 11.1. The van der Waals surface area contributed by atoms with Crippen molar-refractivity contribution in [2.75, 3.05) is 5.34 Å². The van der Waals surface area contributed by atoms with Crippen LogP contribution in [0.4, 0.5) is 0 Å². The van der Waals surface area contributed by atoms with Gasteiger partial charge in [-0.2, -0.15) is 0 Å². The molecule has 0 aliphatic rings. The van der Waals surface area contributed by atoms with Gasteiger partial charge in [0.2, 0.25) is 0 Å². The molecule has 0 amide bonds. The van der Waals surface area contributed by atoms with Crippen molar-refractivity contribution in [2.24, 2.45) is 0 Å². The summed E-state index contributed by atoms with van der Waals surface area (Å²) in [5.41, 5.74) is 0. The van der Waals surface area contributed by atoms with Crippen molar-refractivity contribution in [3.05, 3.63) is 0 Å². The first-order valence-electron chi connectivity index (χ1n) is 0.876. The molecule has 0 aromatic heterocycles. The van der Waals surface area contributed by atoms with Crippen molar-refractivity contribution in [1.29, 1.82) is 0 Å². The molecule has 0 nitrogen and oxygen atoms in total. The average Bonchev–Trinajstić information content (AvgIpc) is 1.33. The molecular formula is CH2AuCl5. The van der Waals surface area contributed by atoms with Gasteiger partial charge in [0.1, 0.15) is 0 Å². The zero-order valence-corrected chi connectivity index (χ0v) is 8.84. The Hall–Kier alpha value is 2.19. The molecule has 0 aliphatic carbocycles. The maximum atomic E-state index is 4.95. The molecular weight excluding hydrogens is 386 g/mol. The van der Waals surface area contributed by atoms with E-state index in [9.17, 15) is 0 Å². The van der Waals surface area contributed by atoms with Crippen LogP contribution in [0.25, 0.3) is 0 Å². The molecule has 0 unspecified atom stereocenters. The van der Waals surface area contributed by atoms with E-state index in [4.69, 9.17) is 50.8 Å². The summed E-state index contributed by atoms with van der Waals surface area (Å²) in [4.78, 5) is 0. The SMILES string of the molecule is ClCCl.[Cl][Au]([Cl])[Cl]. The van der Waals surface area contributed by atoms with Gasteiger partial charge in [-0.15, -0.1) is 23.2 Å². The van der Waals surface area contributed by atoms with Gasteiger partial charge in [0.15, 0.2) is 0 Å². The van der Waals surface area contributed by atoms with Crippen LogP contribution < -0.4 is 0 Å². The quantitative estimate of drug-likeness (QED) is 0.440. The fourth-order valence-electron chi connectivity index (χ4n) is 0. The van der Waals surface area contributed by atoms with Gasteiger partial charge in [0.05, 0.1) is 5.34 Å². The number of alkyl halides is 2. The van der Waals surface area contributed by atoms with Gasteiger partial charge in [0.25, 0.3) is 0 Å². The van der Waals surface area contributed by atoms with Crippen LogP contribution >= 0.6 is 50.8 Å². The summed E-state index contributed by atoms with van der Waals surface area (Å²) in [6.45, 7) is 0. The summed E-state index contributed by atoms with van der Waals surface area (Å²) in [7, 11) is 14.9. The fourth-order valence-corrected chi connectivity index (χ4v) is 0. The Morgan fingerprint density at radius 3 is 1.00 bits per heavy atom. The van der Waals surface area contributed by atoms with E-state index in [0.717, 1.165) is 0 Å². The molecule has 6 heteroatoms. The average molecular weight is 388 g/mol. The third-order valence-corrected chi connectivity index (χ3v) is 0. The van der Waals surface area contributed by atoms with E-state index >= 15 is 0 Å². The first kappa shape index (κ1) is 11.9. The van der Waals surface area contributed by atoms with Crippen molar-refractivity contribution in [1.82, 2.24) is 0 Å². The Labute approximate surface area is 70.6 Å². The third kappa shape index (κ3) is 65.4. The van der Waals surface area contributed by atoms with E-state index in [1.807, 2.05) is 0 Å². The standard InChI is InChI=1S/CH2Cl2.Au.3ClH/c2-1-3;;;;/h1H2;;3*1H/q;+3;;;/p-3. The molecule has 52 valence electrons. The van der Waals surface area contributed by atoms with Crippen molar-refractivity contribution in [3.8, 4) is 0 Å². The van der Waals surface area contributed by atoms with Crippen LogP contribution in [-0.2, 0) is 15.2 Å². The second-order valence-electron chi connectivity index (χ2n) is 0.230. The van der Waals surface area contributed by atoms with Gasteiger partial charge in [-0.25, -0.2) is 0 Å². The van der Waals surface area contributed by atoms with Crippen LogP contribution in [0.15, 0.2) is 0 Å². The predicted octanol–water partition coefficient (Wildman–Crippen LogP) is 3.49. The van der Waals surface area contributed by atoms with Gasteiger partial charge < -0.3 is 0 Å². The molecule has 0 rings (SSSR count). The Morgan fingerprint density at radius 2 is 1.00 bits per heavy atom. The van der Waals surface area contributed by atoms with Crippen LogP contribution in [0.2, 0.25) is 0 Å². The molecule has 0 radical (unpaired) electrons. The molecule has 0 bridgehead atoms. The zero-order chi connectivity index (χ0) is 6.28. The zero-order valence-electron chi connectivity index (χ0n) is 2.90.